The molecule has 8 nitrogen and oxygen atoms in total. The van der Waals surface area contributed by atoms with Gasteiger partial charge in [-0.25, -0.2) is 4.98 Å². The second kappa shape index (κ2) is 15.8. The standard InChI is InChI=1S/C22H26BrN3O4.2ClH.H2O/c1-28-19-8-3-15(11-20(19)29-2)9-10-24-12-17(27)14-30-18-6-4-16(5-7-18)22-25-13-21(23)26-22;;;/h3-8,11,13,17,24,27H,9-10,12,14H2,1-2H3,(H,25,26);2*1H;1H2. The molecule has 2 aromatic carbocycles. The summed E-state index contributed by atoms with van der Waals surface area (Å²) in [6.45, 7) is 1.40. The van der Waals surface area contributed by atoms with E-state index in [2.05, 4.69) is 31.2 Å². The molecule has 0 aliphatic heterocycles. The molecule has 1 atom stereocenters. The monoisotopic (exact) mass is 565 g/mol. The predicted molar refractivity (Wildman–Crippen MR) is 137 cm³/mol. The van der Waals surface area contributed by atoms with Gasteiger partial charge in [0.05, 0.1) is 14.2 Å². The number of nitrogens with zero attached hydrogens (tertiary/aromatic N) is 1. The van der Waals surface area contributed by atoms with Crippen molar-refractivity contribution in [3.05, 3.63) is 58.8 Å². The third kappa shape index (κ3) is 9.40. The summed E-state index contributed by atoms with van der Waals surface area (Å²) in [7, 11) is 3.24. The maximum absolute atomic E-state index is 10.1. The van der Waals surface area contributed by atoms with E-state index < -0.39 is 6.10 Å². The molecule has 0 saturated carbocycles. The molecule has 1 unspecified atom stereocenters. The summed E-state index contributed by atoms with van der Waals surface area (Å²) >= 11 is 3.32. The lowest BCUT2D eigenvalue weighted by Gasteiger charge is -2.14. The number of rotatable bonds is 11. The molecule has 0 fully saturated rings. The number of ether oxygens (including phenoxy) is 3. The lowest BCUT2D eigenvalue weighted by Crippen LogP contribution is -2.32. The van der Waals surface area contributed by atoms with Crippen molar-refractivity contribution < 1.29 is 24.8 Å². The Kier molecular flexibility index (Phi) is 14.8. The summed E-state index contributed by atoms with van der Waals surface area (Å²) in [5.74, 6) is 2.92. The molecule has 0 aliphatic rings. The van der Waals surface area contributed by atoms with E-state index in [0.717, 1.165) is 34.5 Å². The fourth-order valence-corrected chi connectivity index (χ4v) is 3.24. The highest BCUT2D eigenvalue weighted by Crippen LogP contribution is 2.27. The number of aliphatic hydroxyl groups is 1. The number of methoxy groups -OCH3 is 2. The van der Waals surface area contributed by atoms with Crippen LogP contribution in [0.3, 0.4) is 0 Å². The van der Waals surface area contributed by atoms with Gasteiger partial charge in [0.2, 0.25) is 0 Å². The minimum Gasteiger partial charge on any atom is -0.493 e. The van der Waals surface area contributed by atoms with Gasteiger partial charge in [-0.15, -0.1) is 24.8 Å². The van der Waals surface area contributed by atoms with Crippen LogP contribution < -0.4 is 19.5 Å². The van der Waals surface area contributed by atoms with Gasteiger partial charge in [-0.3, -0.25) is 0 Å². The van der Waals surface area contributed by atoms with Crippen LogP contribution in [0.25, 0.3) is 11.4 Å². The van der Waals surface area contributed by atoms with Crippen molar-refractivity contribution in [2.24, 2.45) is 0 Å². The second-order valence-corrected chi connectivity index (χ2v) is 7.52. The number of imidazole rings is 1. The zero-order chi connectivity index (χ0) is 21.3. The molecule has 0 saturated heterocycles. The van der Waals surface area contributed by atoms with Crippen molar-refractivity contribution >= 4 is 40.7 Å². The van der Waals surface area contributed by atoms with Crippen LogP contribution in [-0.4, -0.2) is 60.6 Å². The number of aromatic amines is 1. The average Bonchev–Trinajstić information content (AvgIpc) is 3.21. The lowest BCUT2D eigenvalue weighted by atomic mass is 10.1. The molecule has 184 valence electrons. The molecule has 1 aromatic heterocycles. The quantitative estimate of drug-likeness (QED) is 0.306. The molecule has 0 amide bonds. The molecule has 33 heavy (non-hydrogen) atoms. The van der Waals surface area contributed by atoms with E-state index in [1.165, 1.54) is 0 Å². The van der Waals surface area contributed by atoms with E-state index in [9.17, 15) is 5.11 Å². The fraction of sp³-hybridized carbons (Fsp3) is 0.318. The number of halogens is 3. The summed E-state index contributed by atoms with van der Waals surface area (Å²) in [5.41, 5.74) is 2.10. The molecule has 0 spiro atoms. The summed E-state index contributed by atoms with van der Waals surface area (Å²) < 4.78 is 17.0. The molecule has 0 radical (unpaired) electrons. The number of nitrogens with one attached hydrogen (secondary N) is 2. The van der Waals surface area contributed by atoms with Crippen molar-refractivity contribution in [2.75, 3.05) is 33.9 Å². The van der Waals surface area contributed by atoms with Crippen molar-refractivity contribution in [3.63, 3.8) is 0 Å². The van der Waals surface area contributed by atoms with Crippen LogP contribution in [0.2, 0.25) is 0 Å². The van der Waals surface area contributed by atoms with Gasteiger partial charge in [-0.1, -0.05) is 6.07 Å². The van der Waals surface area contributed by atoms with Gasteiger partial charge in [0, 0.05) is 18.3 Å². The van der Waals surface area contributed by atoms with Crippen molar-refractivity contribution in [3.8, 4) is 28.6 Å². The van der Waals surface area contributed by atoms with Gasteiger partial charge < -0.3 is 35.1 Å². The Bertz CT molecular complexity index is 944. The summed E-state index contributed by atoms with van der Waals surface area (Å²) in [6, 6.07) is 13.4. The normalized spacial score (nSPS) is 10.8. The smallest absolute Gasteiger partial charge is 0.160 e. The highest BCUT2D eigenvalue weighted by Gasteiger charge is 2.08. The first kappa shape index (κ1) is 31.0. The molecule has 0 bridgehead atoms. The Hall–Kier alpha value is -2.01. The van der Waals surface area contributed by atoms with E-state index in [-0.39, 0.29) is 36.9 Å². The van der Waals surface area contributed by atoms with Crippen LogP contribution >= 0.6 is 40.7 Å². The number of aliphatic hydroxyl groups excluding tert-OH is 1. The molecular formula is C22H30BrCl2N3O5. The van der Waals surface area contributed by atoms with E-state index in [0.29, 0.717) is 23.8 Å². The van der Waals surface area contributed by atoms with Gasteiger partial charge in [0.25, 0.3) is 0 Å². The molecule has 11 heteroatoms. The molecule has 1 heterocycles. The third-order valence-electron chi connectivity index (χ3n) is 4.54. The molecule has 0 aliphatic carbocycles. The first-order valence-electron chi connectivity index (χ1n) is 9.63. The number of benzene rings is 2. The Morgan fingerprint density at radius 2 is 1.76 bits per heavy atom. The molecule has 5 N–H and O–H groups in total. The number of hydrogen-bond acceptors (Lipinski definition) is 6. The maximum Gasteiger partial charge on any atom is 0.160 e. The highest BCUT2D eigenvalue weighted by molar-refractivity contribution is 9.10. The zero-order valence-electron chi connectivity index (χ0n) is 18.3. The number of hydrogen-bond donors (Lipinski definition) is 3. The molecular weight excluding hydrogens is 537 g/mol. The van der Waals surface area contributed by atoms with Crippen LogP contribution in [0.1, 0.15) is 5.56 Å². The van der Waals surface area contributed by atoms with Crippen LogP contribution in [0.5, 0.6) is 17.2 Å². The van der Waals surface area contributed by atoms with E-state index >= 15 is 0 Å². The largest absolute Gasteiger partial charge is 0.493 e. The highest BCUT2D eigenvalue weighted by atomic mass is 79.9. The summed E-state index contributed by atoms with van der Waals surface area (Å²) in [5, 5.41) is 13.4. The van der Waals surface area contributed by atoms with Gasteiger partial charge in [-0.05, 0) is 70.9 Å². The van der Waals surface area contributed by atoms with Crippen molar-refractivity contribution in [1.82, 2.24) is 15.3 Å². The topological polar surface area (TPSA) is 120 Å². The first-order chi connectivity index (χ1) is 14.6. The van der Waals surface area contributed by atoms with Crippen LogP contribution in [-0.2, 0) is 6.42 Å². The Morgan fingerprint density at radius 3 is 2.36 bits per heavy atom. The number of H-pyrrole nitrogens is 1. The average molecular weight is 567 g/mol. The first-order valence-corrected chi connectivity index (χ1v) is 10.4. The summed E-state index contributed by atoms with van der Waals surface area (Å²) in [6.07, 6.45) is 2.00. The lowest BCUT2D eigenvalue weighted by molar-refractivity contribution is 0.106. The van der Waals surface area contributed by atoms with Crippen molar-refractivity contribution in [2.45, 2.75) is 12.5 Å². The van der Waals surface area contributed by atoms with Crippen LogP contribution in [0, 0.1) is 0 Å². The van der Waals surface area contributed by atoms with Gasteiger partial charge in [0.1, 0.15) is 28.9 Å². The van der Waals surface area contributed by atoms with Gasteiger partial charge >= 0.3 is 0 Å². The van der Waals surface area contributed by atoms with Crippen LogP contribution in [0.4, 0.5) is 0 Å². The van der Waals surface area contributed by atoms with E-state index in [1.54, 1.807) is 20.4 Å². The van der Waals surface area contributed by atoms with Gasteiger partial charge in [-0.2, -0.15) is 0 Å². The maximum atomic E-state index is 10.1. The second-order valence-electron chi connectivity index (χ2n) is 6.70. The Balaban J connectivity index is 0.00000341. The predicted octanol–water partition coefficient (Wildman–Crippen LogP) is 3.45. The Morgan fingerprint density at radius 1 is 1.06 bits per heavy atom. The molecule has 3 aromatic rings. The van der Waals surface area contributed by atoms with E-state index in [1.807, 2.05) is 42.5 Å². The number of aromatic nitrogens is 2. The van der Waals surface area contributed by atoms with Gasteiger partial charge in [0.15, 0.2) is 11.5 Å². The zero-order valence-corrected chi connectivity index (χ0v) is 21.6. The molecule has 3 rings (SSSR count). The SMILES string of the molecule is COc1ccc(CCNCC(O)COc2ccc(-c3nc(Br)c[nH]3)cc2)cc1OC.Cl.Cl.O. The minimum atomic E-state index is -0.601. The fourth-order valence-electron chi connectivity index (χ4n) is 2.95. The third-order valence-corrected chi connectivity index (χ3v) is 4.94. The Labute approximate surface area is 214 Å². The van der Waals surface area contributed by atoms with Crippen molar-refractivity contribution in [1.29, 1.82) is 0 Å². The minimum absolute atomic E-state index is 0. The van der Waals surface area contributed by atoms with Crippen LogP contribution in [0.15, 0.2) is 53.3 Å². The summed E-state index contributed by atoms with van der Waals surface area (Å²) in [4.78, 5) is 7.41. The van der Waals surface area contributed by atoms with E-state index in [4.69, 9.17) is 14.2 Å².